The standard InChI is InChI=1S/C22H27N3O3/c1-28-20-11-7-9-18(15-20)23-16-21(26)24-19-10-6-8-17(14-19)22(27)25-12-4-2-3-5-13-25/h6-11,14-15,23H,2-5,12-13,16H2,1H3,(H,24,26). The monoisotopic (exact) mass is 381 g/mol. The Kier molecular flexibility index (Phi) is 6.89. The summed E-state index contributed by atoms with van der Waals surface area (Å²) in [6, 6.07) is 14.5. The number of rotatable bonds is 6. The first kappa shape index (κ1) is 19.7. The third-order valence-corrected chi connectivity index (χ3v) is 4.81. The van der Waals surface area contributed by atoms with E-state index in [2.05, 4.69) is 10.6 Å². The van der Waals surface area contributed by atoms with Gasteiger partial charge in [0.1, 0.15) is 5.75 Å². The number of hydrogen-bond donors (Lipinski definition) is 2. The summed E-state index contributed by atoms with van der Waals surface area (Å²) < 4.78 is 5.17. The molecular weight excluding hydrogens is 354 g/mol. The SMILES string of the molecule is COc1cccc(NCC(=O)Nc2cccc(C(=O)N3CCCCCC3)c2)c1. The highest BCUT2D eigenvalue weighted by atomic mass is 16.5. The van der Waals surface area contributed by atoms with Crippen LogP contribution in [-0.2, 0) is 4.79 Å². The van der Waals surface area contributed by atoms with Crippen LogP contribution in [0.25, 0.3) is 0 Å². The van der Waals surface area contributed by atoms with Crippen molar-refractivity contribution in [3.8, 4) is 5.75 Å². The van der Waals surface area contributed by atoms with Gasteiger partial charge in [-0.15, -0.1) is 0 Å². The van der Waals surface area contributed by atoms with Crippen molar-refractivity contribution in [2.45, 2.75) is 25.7 Å². The van der Waals surface area contributed by atoms with Gasteiger partial charge < -0.3 is 20.3 Å². The molecular formula is C22H27N3O3. The molecule has 1 aliphatic heterocycles. The second kappa shape index (κ2) is 9.78. The molecule has 1 fully saturated rings. The average molecular weight is 381 g/mol. The maximum absolute atomic E-state index is 12.8. The molecule has 0 unspecified atom stereocenters. The van der Waals surface area contributed by atoms with Gasteiger partial charge >= 0.3 is 0 Å². The van der Waals surface area contributed by atoms with Crippen molar-refractivity contribution in [1.29, 1.82) is 0 Å². The van der Waals surface area contributed by atoms with E-state index in [1.54, 1.807) is 31.4 Å². The average Bonchev–Trinajstić information content (AvgIpc) is 3.01. The highest BCUT2D eigenvalue weighted by molar-refractivity contribution is 5.98. The maximum Gasteiger partial charge on any atom is 0.253 e. The first-order valence-electron chi connectivity index (χ1n) is 9.73. The lowest BCUT2D eigenvalue weighted by atomic mass is 10.1. The highest BCUT2D eigenvalue weighted by Crippen LogP contribution is 2.18. The maximum atomic E-state index is 12.8. The predicted octanol–water partition coefficient (Wildman–Crippen LogP) is 3.76. The molecule has 1 saturated heterocycles. The van der Waals surface area contributed by atoms with Gasteiger partial charge in [0, 0.05) is 36.1 Å². The summed E-state index contributed by atoms with van der Waals surface area (Å²) in [6.45, 7) is 1.73. The normalized spacial score (nSPS) is 14.1. The number of hydrogen-bond acceptors (Lipinski definition) is 4. The number of nitrogens with zero attached hydrogens (tertiary/aromatic N) is 1. The Hall–Kier alpha value is -3.02. The van der Waals surface area contributed by atoms with E-state index in [-0.39, 0.29) is 18.4 Å². The lowest BCUT2D eigenvalue weighted by Gasteiger charge is -2.20. The molecule has 0 spiro atoms. The number of methoxy groups -OCH3 is 1. The van der Waals surface area contributed by atoms with Gasteiger partial charge in [0.2, 0.25) is 5.91 Å². The van der Waals surface area contributed by atoms with Crippen LogP contribution >= 0.6 is 0 Å². The van der Waals surface area contributed by atoms with Gasteiger partial charge in [-0.25, -0.2) is 0 Å². The molecule has 2 aromatic rings. The van der Waals surface area contributed by atoms with Crippen LogP contribution in [0.4, 0.5) is 11.4 Å². The van der Waals surface area contributed by atoms with Crippen molar-refractivity contribution in [1.82, 2.24) is 4.90 Å². The zero-order chi connectivity index (χ0) is 19.8. The van der Waals surface area contributed by atoms with Crippen LogP contribution in [0.15, 0.2) is 48.5 Å². The number of nitrogens with one attached hydrogen (secondary N) is 2. The molecule has 0 saturated carbocycles. The Balaban J connectivity index is 1.57. The van der Waals surface area contributed by atoms with Crippen LogP contribution in [0.5, 0.6) is 5.75 Å². The number of ether oxygens (including phenoxy) is 1. The number of amides is 2. The van der Waals surface area contributed by atoms with E-state index in [9.17, 15) is 9.59 Å². The van der Waals surface area contributed by atoms with Gasteiger partial charge in [-0.1, -0.05) is 25.0 Å². The second-order valence-electron chi connectivity index (χ2n) is 6.92. The molecule has 148 valence electrons. The van der Waals surface area contributed by atoms with Crippen LogP contribution in [-0.4, -0.2) is 43.5 Å². The Morgan fingerprint density at radius 3 is 2.43 bits per heavy atom. The number of carbonyl (C=O) groups is 2. The lowest BCUT2D eigenvalue weighted by molar-refractivity contribution is -0.114. The van der Waals surface area contributed by atoms with Crippen LogP contribution in [0.1, 0.15) is 36.0 Å². The topological polar surface area (TPSA) is 70.7 Å². The Bertz CT molecular complexity index is 814. The van der Waals surface area contributed by atoms with E-state index < -0.39 is 0 Å². The van der Waals surface area contributed by atoms with E-state index in [1.807, 2.05) is 29.2 Å². The largest absolute Gasteiger partial charge is 0.497 e. The third-order valence-electron chi connectivity index (χ3n) is 4.81. The summed E-state index contributed by atoms with van der Waals surface area (Å²) in [6.07, 6.45) is 4.47. The fourth-order valence-electron chi connectivity index (χ4n) is 3.31. The molecule has 0 bridgehead atoms. The molecule has 2 amide bonds. The molecule has 1 heterocycles. The fourth-order valence-corrected chi connectivity index (χ4v) is 3.31. The molecule has 2 N–H and O–H groups in total. The third kappa shape index (κ3) is 5.49. The highest BCUT2D eigenvalue weighted by Gasteiger charge is 2.17. The number of anilines is 2. The number of likely N-dealkylation sites (tertiary alicyclic amines) is 1. The van der Waals surface area contributed by atoms with Gasteiger partial charge in [-0.3, -0.25) is 9.59 Å². The Morgan fingerprint density at radius 2 is 1.68 bits per heavy atom. The smallest absolute Gasteiger partial charge is 0.253 e. The van der Waals surface area contributed by atoms with Crippen LogP contribution in [0, 0.1) is 0 Å². The molecule has 28 heavy (non-hydrogen) atoms. The summed E-state index contributed by atoms with van der Waals surface area (Å²) in [5, 5.41) is 5.92. The van der Waals surface area contributed by atoms with Gasteiger partial charge in [0.05, 0.1) is 13.7 Å². The first-order valence-corrected chi connectivity index (χ1v) is 9.73. The van der Waals surface area contributed by atoms with Crippen molar-refractivity contribution >= 4 is 23.2 Å². The lowest BCUT2D eigenvalue weighted by Crippen LogP contribution is -2.31. The minimum atomic E-state index is -0.179. The number of carbonyl (C=O) groups excluding carboxylic acids is 2. The summed E-state index contributed by atoms with van der Waals surface area (Å²) in [5.41, 5.74) is 2.04. The van der Waals surface area contributed by atoms with Gasteiger partial charge in [-0.05, 0) is 43.2 Å². The van der Waals surface area contributed by atoms with Crippen molar-refractivity contribution in [3.05, 3.63) is 54.1 Å². The molecule has 3 rings (SSSR count). The van der Waals surface area contributed by atoms with Crippen LogP contribution < -0.4 is 15.4 Å². The summed E-state index contributed by atoms with van der Waals surface area (Å²) in [7, 11) is 1.60. The summed E-state index contributed by atoms with van der Waals surface area (Å²) in [4.78, 5) is 26.9. The molecule has 1 aliphatic rings. The van der Waals surface area contributed by atoms with Crippen LogP contribution in [0.2, 0.25) is 0 Å². The molecule has 0 radical (unpaired) electrons. The second-order valence-corrected chi connectivity index (χ2v) is 6.92. The van der Waals surface area contributed by atoms with E-state index in [1.165, 1.54) is 12.8 Å². The van der Waals surface area contributed by atoms with Crippen LogP contribution in [0.3, 0.4) is 0 Å². The Morgan fingerprint density at radius 1 is 0.964 bits per heavy atom. The molecule has 0 aliphatic carbocycles. The zero-order valence-corrected chi connectivity index (χ0v) is 16.2. The van der Waals surface area contributed by atoms with Crippen molar-refractivity contribution in [3.63, 3.8) is 0 Å². The van der Waals surface area contributed by atoms with E-state index in [0.717, 1.165) is 37.4 Å². The van der Waals surface area contributed by atoms with Crippen molar-refractivity contribution in [2.75, 3.05) is 37.4 Å². The molecule has 0 aromatic heterocycles. The molecule has 2 aromatic carbocycles. The van der Waals surface area contributed by atoms with E-state index >= 15 is 0 Å². The Labute approximate surface area is 165 Å². The van der Waals surface area contributed by atoms with Crippen molar-refractivity contribution in [2.24, 2.45) is 0 Å². The van der Waals surface area contributed by atoms with Gasteiger partial charge in [-0.2, -0.15) is 0 Å². The quantitative estimate of drug-likeness (QED) is 0.799. The van der Waals surface area contributed by atoms with Gasteiger partial charge in [0.25, 0.3) is 5.91 Å². The molecule has 6 heteroatoms. The van der Waals surface area contributed by atoms with Crippen molar-refractivity contribution < 1.29 is 14.3 Å². The summed E-state index contributed by atoms with van der Waals surface area (Å²) in [5.74, 6) is 0.583. The van der Waals surface area contributed by atoms with Gasteiger partial charge in [0.15, 0.2) is 0 Å². The molecule has 0 atom stereocenters. The first-order chi connectivity index (χ1) is 13.7. The number of benzene rings is 2. The van der Waals surface area contributed by atoms with E-state index in [0.29, 0.717) is 11.3 Å². The predicted molar refractivity (Wildman–Crippen MR) is 111 cm³/mol. The minimum Gasteiger partial charge on any atom is -0.497 e. The molecule has 6 nitrogen and oxygen atoms in total. The fraction of sp³-hybridized carbons (Fsp3) is 0.364. The summed E-state index contributed by atoms with van der Waals surface area (Å²) >= 11 is 0. The minimum absolute atomic E-state index is 0.0347. The zero-order valence-electron chi connectivity index (χ0n) is 16.2. The van der Waals surface area contributed by atoms with E-state index in [4.69, 9.17) is 4.74 Å².